The van der Waals surface area contributed by atoms with Crippen LogP contribution in [-0.4, -0.2) is 59.6 Å². The summed E-state index contributed by atoms with van der Waals surface area (Å²) in [7, 11) is 0. The van der Waals surface area contributed by atoms with Crippen molar-refractivity contribution >= 4 is 11.8 Å². The molecule has 0 spiro atoms. The fraction of sp³-hybridized carbons (Fsp3) is 0.353. The second-order valence-corrected chi connectivity index (χ2v) is 6.18. The number of ether oxygens (including phenoxy) is 2. The van der Waals surface area contributed by atoms with Crippen LogP contribution in [0.25, 0.3) is 0 Å². The Morgan fingerprint density at radius 2 is 1.61 bits per heavy atom. The zero-order valence-electron chi connectivity index (χ0n) is 14.4. The Hall–Kier alpha value is -3.24. The van der Waals surface area contributed by atoms with E-state index < -0.39 is 23.5 Å². The summed E-state index contributed by atoms with van der Waals surface area (Å²) < 4.78 is 53.8. The second kappa shape index (κ2) is 6.73. The molecule has 0 atom stereocenters. The number of halogens is 3. The van der Waals surface area contributed by atoms with E-state index in [-0.39, 0.29) is 38.9 Å². The van der Waals surface area contributed by atoms with Gasteiger partial charge in [0.1, 0.15) is 0 Å². The highest BCUT2D eigenvalue weighted by Gasteiger charge is 2.41. The van der Waals surface area contributed by atoms with Crippen molar-refractivity contribution in [1.82, 2.24) is 14.8 Å². The van der Waals surface area contributed by atoms with Crippen molar-refractivity contribution in [2.24, 2.45) is 0 Å². The Kier molecular flexibility index (Phi) is 4.36. The molecule has 2 amide bonds. The Morgan fingerprint density at radius 3 is 2.29 bits per heavy atom. The van der Waals surface area contributed by atoms with Crippen LogP contribution in [0, 0.1) is 0 Å². The summed E-state index contributed by atoms with van der Waals surface area (Å²) in [6, 6.07) is 4.82. The molecule has 1 aromatic carbocycles. The molecule has 2 aliphatic rings. The first kappa shape index (κ1) is 18.1. The van der Waals surface area contributed by atoms with Gasteiger partial charge in [-0.3, -0.25) is 9.59 Å². The number of alkyl halides is 3. The largest absolute Gasteiger partial charge is 0.454 e. The predicted octanol–water partition coefficient (Wildman–Crippen LogP) is 2.02. The van der Waals surface area contributed by atoms with Gasteiger partial charge in [0, 0.05) is 31.7 Å². The fourth-order valence-corrected chi connectivity index (χ4v) is 3.07. The summed E-state index contributed by atoms with van der Waals surface area (Å²) in [6.07, 6.45) is -4.19. The maximum atomic E-state index is 12.9. The van der Waals surface area contributed by atoms with Gasteiger partial charge in [0.2, 0.25) is 12.6 Å². The molecule has 1 fully saturated rings. The van der Waals surface area contributed by atoms with Crippen LogP contribution in [0.2, 0.25) is 0 Å². The third-order valence-corrected chi connectivity index (χ3v) is 4.50. The molecular formula is C17H14F3N3O5. The molecule has 28 heavy (non-hydrogen) atoms. The number of hydrogen-bond acceptors (Lipinski definition) is 6. The summed E-state index contributed by atoms with van der Waals surface area (Å²) in [4.78, 5) is 30.8. The zero-order chi connectivity index (χ0) is 19.9. The SMILES string of the molecule is O=C(c1ccc2c(c1)OCO2)N1CCN(C(=O)c2ocnc2C(F)(F)F)CC1. The normalized spacial score (nSPS) is 16.4. The van der Waals surface area contributed by atoms with Crippen molar-refractivity contribution in [2.45, 2.75) is 6.18 Å². The number of carbonyl (C=O) groups is 2. The lowest BCUT2D eigenvalue weighted by Gasteiger charge is -2.34. The number of carbonyl (C=O) groups excluding carboxylic acids is 2. The monoisotopic (exact) mass is 397 g/mol. The average molecular weight is 397 g/mol. The first-order valence-corrected chi connectivity index (χ1v) is 8.33. The number of rotatable bonds is 2. The number of fused-ring (bicyclic) bond motifs is 1. The van der Waals surface area contributed by atoms with Crippen molar-refractivity contribution < 1.29 is 36.7 Å². The summed E-state index contributed by atoms with van der Waals surface area (Å²) >= 11 is 0. The molecule has 1 aromatic heterocycles. The lowest BCUT2D eigenvalue weighted by molar-refractivity contribution is -0.141. The van der Waals surface area contributed by atoms with Gasteiger partial charge in [0.05, 0.1) is 0 Å². The van der Waals surface area contributed by atoms with E-state index in [1.807, 2.05) is 0 Å². The lowest BCUT2D eigenvalue weighted by atomic mass is 10.1. The molecule has 2 aromatic rings. The van der Waals surface area contributed by atoms with E-state index in [0.717, 1.165) is 0 Å². The van der Waals surface area contributed by atoms with Crippen molar-refractivity contribution in [3.8, 4) is 11.5 Å². The summed E-state index contributed by atoms with van der Waals surface area (Å²) in [5, 5.41) is 0. The number of amides is 2. The third kappa shape index (κ3) is 3.23. The van der Waals surface area contributed by atoms with Crippen molar-refractivity contribution in [2.75, 3.05) is 33.0 Å². The van der Waals surface area contributed by atoms with Crippen LogP contribution in [-0.2, 0) is 6.18 Å². The molecule has 0 radical (unpaired) electrons. The van der Waals surface area contributed by atoms with Gasteiger partial charge in [-0.2, -0.15) is 13.2 Å². The van der Waals surface area contributed by atoms with Crippen molar-refractivity contribution in [1.29, 1.82) is 0 Å². The second-order valence-electron chi connectivity index (χ2n) is 6.18. The first-order valence-electron chi connectivity index (χ1n) is 8.33. The average Bonchev–Trinajstić information content (AvgIpc) is 3.35. The van der Waals surface area contributed by atoms with Crippen LogP contribution in [0.3, 0.4) is 0 Å². The molecule has 8 nitrogen and oxygen atoms in total. The molecule has 4 rings (SSSR count). The molecule has 0 aliphatic carbocycles. The van der Waals surface area contributed by atoms with Crippen molar-refractivity contribution in [3.63, 3.8) is 0 Å². The van der Waals surface area contributed by atoms with E-state index >= 15 is 0 Å². The Morgan fingerprint density at radius 1 is 0.964 bits per heavy atom. The van der Waals surface area contributed by atoms with Crippen LogP contribution in [0.15, 0.2) is 29.0 Å². The maximum Gasteiger partial charge on any atom is 0.437 e. The lowest BCUT2D eigenvalue weighted by Crippen LogP contribution is -2.50. The topological polar surface area (TPSA) is 85.1 Å². The van der Waals surface area contributed by atoms with Crippen LogP contribution in [0.5, 0.6) is 11.5 Å². The number of hydrogen-bond donors (Lipinski definition) is 0. The number of nitrogens with zero attached hydrogens (tertiary/aromatic N) is 3. The van der Waals surface area contributed by atoms with Gasteiger partial charge in [-0.05, 0) is 18.2 Å². The van der Waals surface area contributed by atoms with E-state index in [1.165, 1.54) is 9.80 Å². The summed E-state index contributed by atoms with van der Waals surface area (Å²) in [6.45, 7) is 0.596. The molecule has 3 heterocycles. The van der Waals surface area contributed by atoms with Gasteiger partial charge in [-0.1, -0.05) is 0 Å². The molecule has 2 aliphatic heterocycles. The Balaban J connectivity index is 1.41. The van der Waals surface area contributed by atoms with E-state index in [4.69, 9.17) is 9.47 Å². The zero-order valence-corrected chi connectivity index (χ0v) is 14.4. The van der Waals surface area contributed by atoms with E-state index in [2.05, 4.69) is 9.40 Å². The van der Waals surface area contributed by atoms with Crippen LogP contribution >= 0.6 is 0 Å². The van der Waals surface area contributed by atoms with E-state index in [9.17, 15) is 22.8 Å². The first-order chi connectivity index (χ1) is 13.3. The molecule has 148 valence electrons. The maximum absolute atomic E-state index is 12.9. The van der Waals surface area contributed by atoms with Crippen molar-refractivity contribution in [3.05, 3.63) is 41.6 Å². The van der Waals surface area contributed by atoms with E-state index in [1.54, 1.807) is 18.2 Å². The van der Waals surface area contributed by atoms with Crippen LogP contribution < -0.4 is 9.47 Å². The van der Waals surface area contributed by atoms with Gasteiger partial charge in [-0.25, -0.2) is 4.98 Å². The fourth-order valence-electron chi connectivity index (χ4n) is 3.07. The Labute approximate surface area is 156 Å². The van der Waals surface area contributed by atoms with Gasteiger partial charge < -0.3 is 23.7 Å². The third-order valence-electron chi connectivity index (χ3n) is 4.50. The molecule has 0 unspecified atom stereocenters. The molecule has 0 saturated carbocycles. The standard InChI is InChI=1S/C17H14F3N3O5/c18-17(19,20)14-13(26-8-21-14)16(25)23-5-3-22(4-6-23)15(24)10-1-2-11-12(7-10)28-9-27-11/h1-2,7-8H,3-6,9H2. The van der Waals surface area contributed by atoms with Crippen LogP contribution in [0.1, 0.15) is 26.6 Å². The van der Waals surface area contributed by atoms with Crippen LogP contribution in [0.4, 0.5) is 13.2 Å². The predicted molar refractivity (Wildman–Crippen MR) is 85.9 cm³/mol. The number of benzene rings is 1. The molecule has 1 saturated heterocycles. The highest BCUT2D eigenvalue weighted by molar-refractivity contribution is 5.96. The number of piperazine rings is 1. The highest BCUT2D eigenvalue weighted by Crippen LogP contribution is 2.33. The quantitative estimate of drug-likeness (QED) is 0.771. The molecule has 0 bridgehead atoms. The molecule has 0 N–H and O–H groups in total. The van der Waals surface area contributed by atoms with Gasteiger partial charge in [0.15, 0.2) is 23.6 Å². The molecule has 11 heteroatoms. The number of oxazole rings is 1. The Bertz CT molecular complexity index is 919. The summed E-state index contributed by atoms with van der Waals surface area (Å²) in [5.74, 6) is -0.978. The van der Waals surface area contributed by atoms with Gasteiger partial charge >= 0.3 is 6.18 Å². The van der Waals surface area contributed by atoms with Gasteiger partial charge in [0.25, 0.3) is 11.8 Å². The minimum Gasteiger partial charge on any atom is -0.454 e. The minimum absolute atomic E-state index is 0.0765. The van der Waals surface area contributed by atoms with E-state index in [0.29, 0.717) is 23.5 Å². The highest BCUT2D eigenvalue weighted by atomic mass is 19.4. The summed E-state index contributed by atoms with van der Waals surface area (Å²) in [5.41, 5.74) is -0.949. The van der Waals surface area contributed by atoms with Gasteiger partial charge in [-0.15, -0.1) is 0 Å². The number of aromatic nitrogens is 1. The minimum atomic E-state index is -4.78. The smallest absolute Gasteiger partial charge is 0.437 e. The molecular weight excluding hydrogens is 383 g/mol.